The van der Waals surface area contributed by atoms with Gasteiger partial charge in [0, 0.05) is 13.1 Å². The predicted octanol–water partition coefficient (Wildman–Crippen LogP) is 0.986. The highest BCUT2D eigenvalue weighted by molar-refractivity contribution is 5.89. The molecule has 1 saturated heterocycles. The summed E-state index contributed by atoms with van der Waals surface area (Å²) in [6.07, 6.45) is 1.10. The quantitative estimate of drug-likeness (QED) is 0.765. The van der Waals surface area contributed by atoms with E-state index in [0.717, 1.165) is 12.0 Å². The third-order valence-corrected chi connectivity index (χ3v) is 3.59. The molecule has 1 fully saturated rings. The number of benzene rings is 1. The van der Waals surface area contributed by atoms with Gasteiger partial charge in [0.1, 0.15) is 6.10 Å². The van der Waals surface area contributed by atoms with Gasteiger partial charge in [-0.1, -0.05) is 12.1 Å². The third kappa shape index (κ3) is 4.29. The first-order valence-corrected chi connectivity index (χ1v) is 7.53. The van der Waals surface area contributed by atoms with E-state index in [9.17, 15) is 9.59 Å². The normalized spacial score (nSPS) is 20.6. The Kier molecular flexibility index (Phi) is 5.91. The van der Waals surface area contributed by atoms with Crippen LogP contribution >= 0.6 is 0 Å². The van der Waals surface area contributed by atoms with E-state index in [4.69, 9.17) is 15.2 Å². The summed E-state index contributed by atoms with van der Waals surface area (Å²) in [6, 6.07) is 6.97. The van der Waals surface area contributed by atoms with Crippen molar-refractivity contribution in [3.8, 4) is 0 Å². The number of nitrogens with one attached hydrogen (secondary N) is 1. The third-order valence-electron chi connectivity index (χ3n) is 3.59. The molecule has 1 aliphatic heterocycles. The Hall–Kier alpha value is -1.92. The average Bonchev–Trinajstić information content (AvgIpc) is 3.02. The molecule has 120 valence electrons. The van der Waals surface area contributed by atoms with Crippen LogP contribution in [0.4, 0.5) is 0 Å². The molecule has 1 amide bonds. The molecule has 2 atom stereocenters. The lowest BCUT2D eigenvalue weighted by atomic mass is 10.1. The Bertz CT molecular complexity index is 515. The van der Waals surface area contributed by atoms with Crippen LogP contribution in [0.5, 0.6) is 0 Å². The second-order valence-electron chi connectivity index (χ2n) is 5.19. The van der Waals surface area contributed by atoms with E-state index in [1.165, 1.54) is 0 Å². The summed E-state index contributed by atoms with van der Waals surface area (Å²) in [5, 5.41) is 2.84. The van der Waals surface area contributed by atoms with Crippen LogP contribution in [0, 0.1) is 0 Å². The smallest absolute Gasteiger partial charge is 0.338 e. The van der Waals surface area contributed by atoms with Gasteiger partial charge in [0.15, 0.2) is 0 Å². The van der Waals surface area contributed by atoms with Crippen molar-refractivity contribution < 1.29 is 19.1 Å². The average molecular weight is 306 g/mol. The summed E-state index contributed by atoms with van der Waals surface area (Å²) in [5.74, 6) is -0.462. The van der Waals surface area contributed by atoms with Crippen molar-refractivity contribution in [1.82, 2.24) is 5.32 Å². The molecule has 0 unspecified atom stereocenters. The summed E-state index contributed by atoms with van der Waals surface area (Å²) >= 11 is 0. The maximum Gasteiger partial charge on any atom is 0.338 e. The minimum Gasteiger partial charge on any atom is -0.462 e. The molecule has 0 spiro atoms. The molecule has 6 heteroatoms. The van der Waals surface area contributed by atoms with Gasteiger partial charge in [-0.2, -0.15) is 0 Å². The Labute approximate surface area is 130 Å². The number of hydrogen-bond acceptors (Lipinski definition) is 5. The summed E-state index contributed by atoms with van der Waals surface area (Å²) in [7, 11) is 0. The standard InChI is InChI=1S/C16H22N2O4/c1-2-21-16(20)12-5-3-11(4-6-12)10-18-15(19)14-8-7-13(9-17)22-14/h3-6,13-14H,2,7-10,17H2,1H3,(H,18,19)/t13-,14+/m1/s1. The first kappa shape index (κ1) is 16.5. The van der Waals surface area contributed by atoms with Crippen LogP contribution in [-0.2, 0) is 20.8 Å². The molecular weight excluding hydrogens is 284 g/mol. The van der Waals surface area contributed by atoms with E-state index in [-0.39, 0.29) is 18.0 Å². The molecule has 22 heavy (non-hydrogen) atoms. The Balaban J connectivity index is 1.82. The van der Waals surface area contributed by atoms with E-state index in [2.05, 4.69) is 5.32 Å². The zero-order chi connectivity index (χ0) is 15.9. The maximum absolute atomic E-state index is 12.0. The van der Waals surface area contributed by atoms with Crippen LogP contribution in [-0.4, -0.2) is 37.2 Å². The Morgan fingerprint density at radius 3 is 2.64 bits per heavy atom. The highest BCUT2D eigenvalue weighted by Gasteiger charge is 2.29. The van der Waals surface area contributed by atoms with Gasteiger partial charge in [0.2, 0.25) is 5.91 Å². The zero-order valence-corrected chi connectivity index (χ0v) is 12.7. The van der Waals surface area contributed by atoms with E-state index in [0.29, 0.717) is 31.7 Å². The van der Waals surface area contributed by atoms with E-state index >= 15 is 0 Å². The van der Waals surface area contributed by atoms with Crippen LogP contribution in [0.15, 0.2) is 24.3 Å². The molecule has 6 nitrogen and oxygen atoms in total. The van der Waals surface area contributed by atoms with Crippen molar-refractivity contribution in [3.63, 3.8) is 0 Å². The number of carbonyl (C=O) groups excluding carboxylic acids is 2. The lowest BCUT2D eigenvalue weighted by molar-refractivity contribution is -0.132. The Morgan fingerprint density at radius 2 is 2.05 bits per heavy atom. The number of esters is 1. The van der Waals surface area contributed by atoms with Gasteiger partial charge in [-0.25, -0.2) is 4.79 Å². The molecule has 3 N–H and O–H groups in total. The van der Waals surface area contributed by atoms with Crippen LogP contribution < -0.4 is 11.1 Å². The van der Waals surface area contributed by atoms with Crippen LogP contribution in [0.25, 0.3) is 0 Å². The molecule has 1 aromatic rings. The van der Waals surface area contributed by atoms with Gasteiger partial charge < -0.3 is 20.5 Å². The fraction of sp³-hybridized carbons (Fsp3) is 0.500. The van der Waals surface area contributed by atoms with Crippen molar-refractivity contribution in [2.24, 2.45) is 5.73 Å². The predicted molar refractivity (Wildman–Crippen MR) is 81.2 cm³/mol. The first-order chi connectivity index (χ1) is 10.6. The largest absolute Gasteiger partial charge is 0.462 e. The fourth-order valence-corrected chi connectivity index (χ4v) is 2.35. The van der Waals surface area contributed by atoms with Crippen molar-refractivity contribution in [2.75, 3.05) is 13.2 Å². The van der Waals surface area contributed by atoms with E-state index < -0.39 is 6.10 Å². The number of hydrogen-bond donors (Lipinski definition) is 2. The molecule has 0 aromatic heterocycles. The SMILES string of the molecule is CCOC(=O)c1ccc(CNC(=O)[C@@H]2CC[C@H](CN)O2)cc1. The first-order valence-electron chi connectivity index (χ1n) is 7.53. The number of rotatable bonds is 6. The van der Waals surface area contributed by atoms with Crippen molar-refractivity contribution in [3.05, 3.63) is 35.4 Å². The van der Waals surface area contributed by atoms with Crippen molar-refractivity contribution in [2.45, 2.75) is 38.5 Å². The minimum atomic E-state index is -0.410. The van der Waals surface area contributed by atoms with Gasteiger partial charge >= 0.3 is 5.97 Å². The van der Waals surface area contributed by atoms with Crippen molar-refractivity contribution >= 4 is 11.9 Å². The summed E-state index contributed by atoms with van der Waals surface area (Å²) < 4.78 is 10.5. The minimum absolute atomic E-state index is 0.0142. The maximum atomic E-state index is 12.0. The number of nitrogens with two attached hydrogens (primary N) is 1. The lowest BCUT2D eigenvalue weighted by Gasteiger charge is -2.12. The monoisotopic (exact) mass is 306 g/mol. The molecule has 0 saturated carbocycles. The van der Waals surface area contributed by atoms with Gasteiger partial charge in [-0.3, -0.25) is 4.79 Å². The van der Waals surface area contributed by atoms with E-state index in [1.807, 2.05) is 0 Å². The second-order valence-corrected chi connectivity index (χ2v) is 5.19. The number of carbonyl (C=O) groups is 2. The molecule has 1 aliphatic rings. The van der Waals surface area contributed by atoms with Gasteiger partial charge in [-0.05, 0) is 37.5 Å². The summed E-state index contributed by atoms with van der Waals surface area (Å²) in [4.78, 5) is 23.5. The van der Waals surface area contributed by atoms with Crippen molar-refractivity contribution in [1.29, 1.82) is 0 Å². The topological polar surface area (TPSA) is 90.7 Å². The molecule has 1 heterocycles. The zero-order valence-electron chi connectivity index (χ0n) is 12.7. The van der Waals surface area contributed by atoms with Gasteiger partial charge in [0.25, 0.3) is 0 Å². The Morgan fingerprint density at radius 1 is 1.32 bits per heavy atom. The lowest BCUT2D eigenvalue weighted by Crippen LogP contribution is -2.35. The number of amides is 1. The molecule has 2 rings (SSSR count). The van der Waals surface area contributed by atoms with Gasteiger partial charge in [-0.15, -0.1) is 0 Å². The molecule has 0 bridgehead atoms. The highest BCUT2D eigenvalue weighted by atomic mass is 16.5. The van der Waals surface area contributed by atoms with E-state index in [1.54, 1.807) is 31.2 Å². The highest BCUT2D eigenvalue weighted by Crippen LogP contribution is 2.19. The molecule has 0 aliphatic carbocycles. The second kappa shape index (κ2) is 7.91. The number of ether oxygens (including phenoxy) is 2. The fourth-order valence-electron chi connectivity index (χ4n) is 2.35. The molecule has 1 aromatic carbocycles. The molecule has 0 radical (unpaired) electrons. The van der Waals surface area contributed by atoms with Crippen LogP contribution in [0.3, 0.4) is 0 Å². The van der Waals surface area contributed by atoms with Crippen LogP contribution in [0.2, 0.25) is 0 Å². The summed E-state index contributed by atoms with van der Waals surface area (Å²) in [5.41, 5.74) is 6.94. The van der Waals surface area contributed by atoms with Crippen LogP contribution in [0.1, 0.15) is 35.7 Å². The van der Waals surface area contributed by atoms with Gasteiger partial charge in [0.05, 0.1) is 18.3 Å². The molecular formula is C16H22N2O4. The summed E-state index contributed by atoms with van der Waals surface area (Å²) in [6.45, 7) is 2.96.